The first-order valence-electron chi connectivity index (χ1n) is 6.13. The summed E-state index contributed by atoms with van der Waals surface area (Å²) < 4.78 is 0. The molecular formula is C16H17NO. The monoisotopic (exact) mass is 239 g/mol. The smallest absolute Gasteiger partial charge is 0.117 e. The molecule has 0 N–H and O–H groups in total. The van der Waals surface area contributed by atoms with Crippen LogP contribution < -0.4 is 0 Å². The van der Waals surface area contributed by atoms with Crippen LogP contribution in [0.3, 0.4) is 0 Å². The van der Waals surface area contributed by atoms with Crippen LogP contribution in [0.15, 0.2) is 59.8 Å². The summed E-state index contributed by atoms with van der Waals surface area (Å²) in [6.07, 6.45) is 0. The van der Waals surface area contributed by atoms with E-state index in [-0.39, 0.29) is 0 Å². The molecule has 0 radical (unpaired) electrons. The fraction of sp³-hybridized carbons (Fsp3) is 0.188. The molecule has 0 aliphatic rings. The van der Waals surface area contributed by atoms with Crippen molar-refractivity contribution in [1.82, 2.24) is 0 Å². The van der Waals surface area contributed by atoms with Gasteiger partial charge in [0.15, 0.2) is 0 Å². The summed E-state index contributed by atoms with van der Waals surface area (Å²) in [6.45, 7) is 4.58. The minimum absolute atomic E-state index is 0.572. The second-order valence-corrected chi connectivity index (χ2v) is 4.09. The van der Waals surface area contributed by atoms with Crippen molar-refractivity contribution < 1.29 is 4.84 Å². The first kappa shape index (κ1) is 12.4. The minimum Gasteiger partial charge on any atom is -0.396 e. The summed E-state index contributed by atoms with van der Waals surface area (Å²) in [5.74, 6) is 0. The second kappa shape index (κ2) is 6.01. The normalized spacial score (nSPS) is 11.3. The Morgan fingerprint density at radius 2 is 1.56 bits per heavy atom. The maximum Gasteiger partial charge on any atom is 0.117 e. The van der Waals surface area contributed by atoms with Crippen molar-refractivity contribution in [3.05, 3.63) is 71.3 Å². The summed E-state index contributed by atoms with van der Waals surface area (Å²) in [7, 11) is 0. The molecule has 18 heavy (non-hydrogen) atoms. The maximum atomic E-state index is 5.22. The number of rotatable bonds is 4. The zero-order chi connectivity index (χ0) is 12.8. The SMILES string of the molecule is CCO/N=C(\c1ccccc1)c1ccc(C)cc1. The third-order valence-electron chi connectivity index (χ3n) is 2.66. The lowest BCUT2D eigenvalue weighted by Crippen LogP contribution is -2.04. The van der Waals surface area contributed by atoms with Gasteiger partial charge in [-0.15, -0.1) is 0 Å². The van der Waals surface area contributed by atoms with Crippen LogP contribution in [0.1, 0.15) is 23.6 Å². The van der Waals surface area contributed by atoms with Gasteiger partial charge in [-0.25, -0.2) is 0 Å². The van der Waals surface area contributed by atoms with Gasteiger partial charge in [-0.1, -0.05) is 65.3 Å². The van der Waals surface area contributed by atoms with E-state index in [1.165, 1.54) is 5.56 Å². The Labute approximate surface area is 108 Å². The fourth-order valence-electron chi connectivity index (χ4n) is 1.71. The molecule has 0 unspecified atom stereocenters. The maximum absolute atomic E-state index is 5.22. The number of hydrogen-bond donors (Lipinski definition) is 0. The van der Waals surface area contributed by atoms with E-state index in [0.29, 0.717) is 6.61 Å². The highest BCUT2D eigenvalue weighted by Gasteiger charge is 2.07. The zero-order valence-electron chi connectivity index (χ0n) is 10.8. The first-order chi connectivity index (χ1) is 8.81. The number of nitrogens with zero attached hydrogens (tertiary/aromatic N) is 1. The summed E-state index contributed by atoms with van der Waals surface area (Å²) in [5.41, 5.74) is 4.25. The van der Waals surface area contributed by atoms with E-state index in [4.69, 9.17) is 4.84 Å². The topological polar surface area (TPSA) is 21.6 Å². The molecule has 2 aromatic rings. The van der Waals surface area contributed by atoms with Crippen LogP contribution in [0.25, 0.3) is 0 Å². The molecule has 0 heterocycles. The molecule has 0 spiro atoms. The molecular weight excluding hydrogens is 222 g/mol. The molecule has 2 rings (SSSR count). The van der Waals surface area contributed by atoms with Crippen LogP contribution in [0.2, 0.25) is 0 Å². The molecule has 0 aromatic heterocycles. The van der Waals surface area contributed by atoms with Crippen molar-refractivity contribution in [3.63, 3.8) is 0 Å². The molecule has 0 fully saturated rings. The fourth-order valence-corrected chi connectivity index (χ4v) is 1.71. The highest BCUT2D eigenvalue weighted by molar-refractivity contribution is 6.12. The van der Waals surface area contributed by atoms with Crippen LogP contribution in [0.4, 0.5) is 0 Å². The molecule has 0 saturated carbocycles. The van der Waals surface area contributed by atoms with Gasteiger partial charge in [-0.3, -0.25) is 0 Å². The van der Waals surface area contributed by atoms with E-state index in [9.17, 15) is 0 Å². The Hall–Kier alpha value is -2.09. The van der Waals surface area contributed by atoms with E-state index in [2.05, 4.69) is 36.3 Å². The highest BCUT2D eigenvalue weighted by Crippen LogP contribution is 2.12. The van der Waals surface area contributed by atoms with Crippen LogP contribution in [-0.4, -0.2) is 12.3 Å². The summed E-state index contributed by atoms with van der Waals surface area (Å²) in [6, 6.07) is 18.4. The predicted molar refractivity (Wildman–Crippen MR) is 74.9 cm³/mol. The van der Waals surface area contributed by atoms with Gasteiger partial charge in [0.05, 0.1) is 0 Å². The van der Waals surface area contributed by atoms with Crippen molar-refractivity contribution >= 4 is 5.71 Å². The Balaban J connectivity index is 2.40. The molecule has 0 atom stereocenters. The Morgan fingerprint density at radius 3 is 2.17 bits per heavy atom. The Bertz CT molecular complexity index is 515. The van der Waals surface area contributed by atoms with E-state index in [0.717, 1.165) is 16.8 Å². The molecule has 0 amide bonds. The van der Waals surface area contributed by atoms with Crippen molar-refractivity contribution in [1.29, 1.82) is 0 Å². The molecule has 2 nitrogen and oxygen atoms in total. The van der Waals surface area contributed by atoms with Crippen LogP contribution in [-0.2, 0) is 4.84 Å². The van der Waals surface area contributed by atoms with Crippen molar-refractivity contribution in [3.8, 4) is 0 Å². The van der Waals surface area contributed by atoms with Crippen molar-refractivity contribution in [2.24, 2.45) is 5.16 Å². The van der Waals surface area contributed by atoms with Crippen molar-refractivity contribution in [2.45, 2.75) is 13.8 Å². The summed E-state index contributed by atoms with van der Waals surface area (Å²) >= 11 is 0. The van der Waals surface area contributed by atoms with E-state index >= 15 is 0 Å². The van der Waals surface area contributed by atoms with Gasteiger partial charge >= 0.3 is 0 Å². The van der Waals surface area contributed by atoms with Gasteiger partial charge in [-0.2, -0.15) is 0 Å². The molecule has 2 aromatic carbocycles. The van der Waals surface area contributed by atoms with Gasteiger partial charge in [0, 0.05) is 11.1 Å². The molecule has 2 heteroatoms. The van der Waals surface area contributed by atoms with Crippen LogP contribution in [0, 0.1) is 6.92 Å². The third kappa shape index (κ3) is 2.98. The Morgan fingerprint density at radius 1 is 0.944 bits per heavy atom. The largest absolute Gasteiger partial charge is 0.396 e. The standard InChI is InChI=1S/C16H17NO/c1-3-18-17-16(14-7-5-4-6-8-14)15-11-9-13(2)10-12-15/h4-12H,3H2,1-2H3/b17-16+. The molecule has 0 saturated heterocycles. The Kier molecular flexibility index (Phi) is 4.13. The van der Waals surface area contributed by atoms with Crippen LogP contribution >= 0.6 is 0 Å². The van der Waals surface area contributed by atoms with E-state index in [1.807, 2.05) is 37.3 Å². The van der Waals surface area contributed by atoms with Gasteiger partial charge in [0.25, 0.3) is 0 Å². The van der Waals surface area contributed by atoms with Crippen molar-refractivity contribution in [2.75, 3.05) is 6.61 Å². The highest BCUT2D eigenvalue weighted by atomic mass is 16.6. The van der Waals surface area contributed by atoms with Gasteiger partial charge in [0.2, 0.25) is 0 Å². The zero-order valence-corrected chi connectivity index (χ0v) is 10.8. The van der Waals surface area contributed by atoms with Gasteiger partial charge in [0.1, 0.15) is 12.3 Å². The number of oxime groups is 1. The number of hydrogen-bond acceptors (Lipinski definition) is 2. The second-order valence-electron chi connectivity index (χ2n) is 4.09. The van der Waals surface area contributed by atoms with Gasteiger partial charge in [-0.05, 0) is 13.8 Å². The molecule has 0 aliphatic heterocycles. The first-order valence-corrected chi connectivity index (χ1v) is 6.13. The number of benzene rings is 2. The third-order valence-corrected chi connectivity index (χ3v) is 2.66. The number of aryl methyl sites for hydroxylation is 1. The summed E-state index contributed by atoms with van der Waals surface area (Å²) in [4.78, 5) is 5.22. The van der Waals surface area contributed by atoms with Crippen LogP contribution in [0.5, 0.6) is 0 Å². The molecule has 0 aliphatic carbocycles. The average Bonchev–Trinajstić information content (AvgIpc) is 2.42. The lowest BCUT2D eigenvalue weighted by atomic mass is 10.0. The minimum atomic E-state index is 0.572. The lowest BCUT2D eigenvalue weighted by Gasteiger charge is -2.07. The van der Waals surface area contributed by atoms with Gasteiger partial charge < -0.3 is 4.84 Å². The summed E-state index contributed by atoms with van der Waals surface area (Å²) in [5, 5.41) is 4.23. The quantitative estimate of drug-likeness (QED) is 0.587. The van der Waals surface area contributed by atoms with E-state index < -0.39 is 0 Å². The average molecular weight is 239 g/mol. The molecule has 92 valence electrons. The molecule has 0 bridgehead atoms. The predicted octanol–water partition coefficient (Wildman–Crippen LogP) is 3.78. The lowest BCUT2D eigenvalue weighted by molar-refractivity contribution is 0.159. The van der Waals surface area contributed by atoms with E-state index in [1.54, 1.807) is 0 Å².